The van der Waals surface area contributed by atoms with Crippen LogP contribution in [-0.4, -0.2) is 4.43 Å². The fourth-order valence-corrected chi connectivity index (χ4v) is 1.48. The van der Waals surface area contributed by atoms with Gasteiger partial charge in [0.25, 0.3) is 0 Å². The molecule has 0 nitrogen and oxygen atoms in total. The van der Waals surface area contributed by atoms with Crippen LogP contribution in [0.1, 0.15) is 52.9 Å². The highest BCUT2D eigenvalue weighted by molar-refractivity contribution is 14.1. The van der Waals surface area contributed by atoms with E-state index in [2.05, 4.69) is 43.4 Å². The van der Waals surface area contributed by atoms with E-state index in [9.17, 15) is 0 Å². The Morgan fingerprint density at radius 1 is 1.09 bits per heavy atom. The van der Waals surface area contributed by atoms with Gasteiger partial charge < -0.3 is 0 Å². The molecule has 0 aromatic carbocycles. The van der Waals surface area contributed by atoms with E-state index in [0.717, 1.165) is 0 Å². The van der Waals surface area contributed by atoms with Crippen LogP contribution in [0.2, 0.25) is 0 Å². The van der Waals surface area contributed by atoms with Crippen LogP contribution in [0.5, 0.6) is 0 Å². The Balaban J connectivity index is 3.23. The van der Waals surface area contributed by atoms with Crippen LogP contribution in [0.15, 0.2) is 0 Å². The summed E-state index contributed by atoms with van der Waals surface area (Å²) < 4.78 is 1.29. The summed E-state index contributed by atoms with van der Waals surface area (Å²) in [6, 6.07) is 0. The summed E-state index contributed by atoms with van der Waals surface area (Å²) in [5.41, 5.74) is 0.578. The molecule has 0 radical (unpaired) electrons. The van der Waals surface area contributed by atoms with Gasteiger partial charge in [0.15, 0.2) is 0 Å². The second kappa shape index (κ2) is 6.27. The quantitative estimate of drug-likeness (QED) is 0.380. The molecule has 0 atom stereocenters. The zero-order valence-corrected chi connectivity index (χ0v) is 10.3. The predicted octanol–water partition coefficient (Wildman–Crippen LogP) is 4.42. The number of halogens is 1. The van der Waals surface area contributed by atoms with Gasteiger partial charge in [0, 0.05) is 4.43 Å². The lowest BCUT2D eigenvalue weighted by Crippen LogP contribution is -2.12. The van der Waals surface area contributed by atoms with E-state index < -0.39 is 0 Å². The zero-order chi connectivity index (χ0) is 8.74. The average molecular weight is 268 g/mol. The van der Waals surface area contributed by atoms with Crippen LogP contribution in [0.25, 0.3) is 0 Å². The first kappa shape index (κ1) is 11.7. The van der Waals surface area contributed by atoms with Crippen molar-refractivity contribution in [1.82, 2.24) is 0 Å². The van der Waals surface area contributed by atoms with Gasteiger partial charge in [0.1, 0.15) is 0 Å². The predicted molar refractivity (Wildman–Crippen MR) is 61.4 cm³/mol. The fraction of sp³-hybridized carbons (Fsp3) is 1.00. The minimum Gasteiger partial charge on any atom is -0.0858 e. The molecule has 0 saturated carbocycles. The average Bonchev–Trinajstić information content (AvgIpc) is 1.99. The van der Waals surface area contributed by atoms with E-state index in [0.29, 0.717) is 5.41 Å². The smallest absolute Gasteiger partial charge is 0.00467 e. The van der Waals surface area contributed by atoms with Crippen molar-refractivity contribution in [3.05, 3.63) is 0 Å². The molecule has 0 saturated heterocycles. The molecule has 0 aliphatic carbocycles. The molecule has 0 spiro atoms. The lowest BCUT2D eigenvalue weighted by Gasteiger charge is -2.20. The third-order valence-electron chi connectivity index (χ3n) is 2.07. The van der Waals surface area contributed by atoms with Gasteiger partial charge >= 0.3 is 0 Å². The first-order valence-electron chi connectivity index (χ1n) is 4.68. The second-order valence-corrected chi connectivity index (χ2v) is 4.87. The maximum Gasteiger partial charge on any atom is 0.00467 e. The van der Waals surface area contributed by atoms with E-state index in [1.54, 1.807) is 0 Å². The highest BCUT2D eigenvalue weighted by Gasteiger charge is 2.14. The van der Waals surface area contributed by atoms with Crippen molar-refractivity contribution in [3.63, 3.8) is 0 Å². The Bertz CT molecular complexity index is 86.9. The van der Waals surface area contributed by atoms with Crippen molar-refractivity contribution >= 4 is 22.6 Å². The molecule has 0 fully saturated rings. The van der Waals surface area contributed by atoms with E-state index in [4.69, 9.17) is 0 Å². The van der Waals surface area contributed by atoms with E-state index in [1.165, 1.54) is 36.5 Å². The van der Waals surface area contributed by atoms with Gasteiger partial charge in [0.05, 0.1) is 0 Å². The largest absolute Gasteiger partial charge is 0.0858 e. The Morgan fingerprint density at radius 3 is 2.18 bits per heavy atom. The van der Waals surface area contributed by atoms with Crippen molar-refractivity contribution < 1.29 is 0 Å². The summed E-state index contributed by atoms with van der Waals surface area (Å²) in [5, 5.41) is 0. The molecule has 0 aliphatic rings. The van der Waals surface area contributed by atoms with Crippen LogP contribution < -0.4 is 0 Å². The normalized spacial score (nSPS) is 12.0. The molecule has 11 heavy (non-hydrogen) atoms. The molecule has 0 aliphatic heterocycles. The molecule has 0 aromatic rings. The Kier molecular flexibility index (Phi) is 6.68. The minimum absolute atomic E-state index is 0.578. The van der Waals surface area contributed by atoms with Gasteiger partial charge in [-0.2, -0.15) is 0 Å². The number of hydrogen-bond acceptors (Lipinski definition) is 0. The third-order valence-corrected chi connectivity index (χ3v) is 4.13. The number of rotatable bonds is 6. The van der Waals surface area contributed by atoms with Crippen LogP contribution in [0, 0.1) is 5.41 Å². The van der Waals surface area contributed by atoms with Gasteiger partial charge in [-0.05, 0) is 11.8 Å². The topological polar surface area (TPSA) is 0 Å². The van der Waals surface area contributed by atoms with Gasteiger partial charge in [-0.1, -0.05) is 69.0 Å². The standard InChI is InChI=1S/C10H21I/c1-4-5-6-7-8-10(2,3)9-11/h4-9H2,1-3H3. The molecule has 0 amide bonds. The lowest BCUT2D eigenvalue weighted by molar-refractivity contribution is 0.372. The zero-order valence-electron chi connectivity index (χ0n) is 8.12. The Hall–Kier alpha value is 0.730. The van der Waals surface area contributed by atoms with Crippen LogP contribution in [0.3, 0.4) is 0 Å². The van der Waals surface area contributed by atoms with Crippen molar-refractivity contribution in [2.45, 2.75) is 52.9 Å². The molecular formula is C10H21I. The Morgan fingerprint density at radius 2 is 1.73 bits per heavy atom. The summed E-state index contributed by atoms with van der Waals surface area (Å²) >= 11 is 2.49. The van der Waals surface area contributed by atoms with Crippen molar-refractivity contribution in [2.24, 2.45) is 5.41 Å². The maximum atomic E-state index is 2.49. The number of unbranched alkanes of at least 4 members (excludes halogenated alkanes) is 3. The fourth-order valence-electron chi connectivity index (χ4n) is 1.10. The minimum atomic E-state index is 0.578. The van der Waals surface area contributed by atoms with Crippen molar-refractivity contribution in [1.29, 1.82) is 0 Å². The molecule has 0 heterocycles. The van der Waals surface area contributed by atoms with Crippen LogP contribution in [-0.2, 0) is 0 Å². The first-order chi connectivity index (χ1) is 5.12. The van der Waals surface area contributed by atoms with Gasteiger partial charge in [-0.15, -0.1) is 0 Å². The summed E-state index contributed by atoms with van der Waals surface area (Å²) in [4.78, 5) is 0. The maximum absolute atomic E-state index is 2.49. The molecular weight excluding hydrogens is 247 g/mol. The molecule has 0 unspecified atom stereocenters. The van der Waals surface area contributed by atoms with E-state index in [1.807, 2.05) is 0 Å². The summed E-state index contributed by atoms with van der Waals surface area (Å²) in [5.74, 6) is 0. The molecule has 0 aromatic heterocycles. The van der Waals surface area contributed by atoms with Crippen LogP contribution in [0.4, 0.5) is 0 Å². The molecule has 1 heteroatoms. The molecule has 0 N–H and O–H groups in total. The van der Waals surface area contributed by atoms with Gasteiger partial charge in [0.2, 0.25) is 0 Å². The SMILES string of the molecule is CCCCCCC(C)(C)CI. The van der Waals surface area contributed by atoms with Gasteiger partial charge in [-0.3, -0.25) is 0 Å². The number of hydrogen-bond donors (Lipinski definition) is 0. The summed E-state index contributed by atoms with van der Waals surface area (Å²) in [6.07, 6.45) is 7.01. The third kappa shape index (κ3) is 7.10. The lowest BCUT2D eigenvalue weighted by atomic mass is 9.89. The van der Waals surface area contributed by atoms with E-state index >= 15 is 0 Å². The summed E-state index contributed by atoms with van der Waals surface area (Å²) in [6.45, 7) is 7.00. The van der Waals surface area contributed by atoms with Crippen LogP contribution >= 0.6 is 22.6 Å². The summed E-state index contributed by atoms with van der Waals surface area (Å²) in [7, 11) is 0. The van der Waals surface area contributed by atoms with Crippen molar-refractivity contribution in [3.8, 4) is 0 Å². The molecule has 68 valence electrons. The first-order valence-corrected chi connectivity index (χ1v) is 6.21. The van der Waals surface area contributed by atoms with E-state index in [-0.39, 0.29) is 0 Å². The second-order valence-electron chi connectivity index (χ2n) is 4.11. The van der Waals surface area contributed by atoms with Gasteiger partial charge in [-0.25, -0.2) is 0 Å². The molecule has 0 bridgehead atoms. The van der Waals surface area contributed by atoms with Crippen molar-refractivity contribution in [2.75, 3.05) is 4.43 Å². The highest BCUT2D eigenvalue weighted by atomic mass is 127. The number of alkyl halides is 1. The Labute approximate surface area is 85.3 Å². The molecule has 0 rings (SSSR count). The highest BCUT2D eigenvalue weighted by Crippen LogP contribution is 2.25. The monoisotopic (exact) mass is 268 g/mol.